The number of ether oxygens (including phenoxy) is 1. The predicted molar refractivity (Wildman–Crippen MR) is 104 cm³/mol. The molecule has 28 heavy (non-hydrogen) atoms. The molecule has 0 saturated carbocycles. The fourth-order valence-electron chi connectivity index (χ4n) is 4.13. The molecule has 9 heteroatoms. The molecule has 0 N–H and O–H groups in total. The highest BCUT2D eigenvalue weighted by Gasteiger charge is 2.35. The average molecular weight is 407 g/mol. The predicted octanol–water partition coefficient (Wildman–Crippen LogP) is 0.133. The van der Waals surface area contributed by atoms with Crippen LogP contribution in [0.15, 0.2) is 24.3 Å². The normalized spacial score (nSPS) is 25.1. The van der Waals surface area contributed by atoms with Crippen LogP contribution in [-0.2, 0) is 19.4 Å². The summed E-state index contributed by atoms with van der Waals surface area (Å²) < 4.78 is 29.0. The van der Waals surface area contributed by atoms with E-state index in [1.807, 2.05) is 12.1 Å². The molecule has 3 aliphatic heterocycles. The van der Waals surface area contributed by atoms with Gasteiger partial charge in [-0.1, -0.05) is 12.1 Å². The SMILES string of the molecule is O=C(CN1C(=O)CCOc2ccccc21)N1CCN([C@@H]2CCS(=O)(=O)C2)CC1. The molecule has 0 aromatic heterocycles. The van der Waals surface area contributed by atoms with E-state index in [-0.39, 0.29) is 42.3 Å². The zero-order valence-electron chi connectivity index (χ0n) is 15.7. The Hall–Kier alpha value is -2.13. The number of amides is 2. The average Bonchev–Trinajstić information content (AvgIpc) is 2.98. The molecule has 0 aliphatic carbocycles. The number of hydrogen-bond acceptors (Lipinski definition) is 6. The van der Waals surface area contributed by atoms with E-state index in [2.05, 4.69) is 4.90 Å². The van der Waals surface area contributed by atoms with Crippen LogP contribution in [0.1, 0.15) is 12.8 Å². The second-order valence-corrected chi connectivity index (χ2v) is 9.75. The van der Waals surface area contributed by atoms with Gasteiger partial charge in [-0.25, -0.2) is 8.42 Å². The zero-order chi connectivity index (χ0) is 19.7. The highest BCUT2D eigenvalue weighted by molar-refractivity contribution is 7.91. The zero-order valence-corrected chi connectivity index (χ0v) is 16.6. The molecule has 0 spiro atoms. The highest BCUT2D eigenvalue weighted by atomic mass is 32.2. The fourth-order valence-corrected chi connectivity index (χ4v) is 5.89. The smallest absolute Gasteiger partial charge is 0.242 e. The van der Waals surface area contributed by atoms with Crippen LogP contribution >= 0.6 is 0 Å². The van der Waals surface area contributed by atoms with Crippen LogP contribution in [0.4, 0.5) is 5.69 Å². The molecule has 8 nitrogen and oxygen atoms in total. The molecule has 1 aromatic rings. The third-order valence-corrected chi connectivity index (χ3v) is 7.47. The molecular formula is C19H25N3O5S. The van der Waals surface area contributed by atoms with Crippen LogP contribution in [0.3, 0.4) is 0 Å². The van der Waals surface area contributed by atoms with Gasteiger partial charge < -0.3 is 9.64 Å². The molecule has 2 saturated heterocycles. The van der Waals surface area contributed by atoms with E-state index in [4.69, 9.17) is 4.74 Å². The Bertz CT molecular complexity index is 864. The minimum absolute atomic E-state index is 0.00296. The van der Waals surface area contributed by atoms with Gasteiger partial charge in [0.1, 0.15) is 12.3 Å². The van der Waals surface area contributed by atoms with Crippen LogP contribution in [0.2, 0.25) is 0 Å². The van der Waals surface area contributed by atoms with Crippen molar-refractivity contribution in [2.24, 2.45) is 0 Å². The quantitative estimate of drug-likeness (QED) is 0.708. The van der Waals surface area contributed by atoms with E-state index in [9.17, 15) is 18.0 Å². The van der Waals surface area contributed by atoms with Crippen molar-refractivity contribution < 1.29 is 22.7 Å². The van der Waals surface area contributed by atoms with Crippen LogP contribution in [-0.4, -0.2) is 86.9 Å². The molecule has 1 atom stereocenters. The Morgan fingerprint density at radius 3 is 2.61 bits per heavy atom. The summed E-state index contributed by atoms with van der Waals surface area (Å²) in [5, 5.41) is 0. The van der Waals surface area contributed by atoms with Gasteiger partial charge in [-0.3, -0.25) is 19.4 Å². The van der Waals surface area contributed by atoms with Crippen LogP contribution in [0.25, 0.3) is 0 Å². The summed E-state index contributed by atoms with van der Waals surface area (Å²) >= 11 is 0. The summed E-state index contributed by atoms with van der Waals surface area (Å²) in [6.07, 6.45) is 0.918. The van der Waals surface area contributed by atoms with E-state index in [0.717, 1.165) is 0 Å². The summed E-state index contributed by atoms with van der Waals surface area (Å²) in [5.41, 5.74) is 0.633. The number of para-hydroxylation sites is 2. The minimum Gasteiger partial charge on any atom is -0.491 e. The Morgan fingerprint density at radius 2 is 1.89 bits per heavy atom. The number of carbonyl (C=O) groups is 2. The summed E-state index contributed by atoms with van der Waals surface area (Å²) in [5.74, 6) is 0.889. The van der Waals surface area contributed by atoms with E-state index in [1.54, 1.807) is 17.0 Å². The second-order valence-electron chi connectivity index (χ2n) is 7.52. The number of hydrogen-bond donors (Lipinski definition) is 0. The van der Waals surface area contributed by atoms with Gasteiger partial charge in [-0.15, -0.1) is 0 Å². The number of nitrogens with zero attached hydrogens (tertiary/aromatic N) is 3. The van der Waals surface area contributed by atoms with Gasteiger partial charge >= 0.3 is 0 Å². The summed E-state index contributed by atoms with van der Waals surface area (Å²) in [6.45, 7) is 2.74. The number of piperazine rings is 1. The first-order chi connectivity index (χ1) is 13.4. The number of benzene rings is 1. The van der Waals surface area contributed by atoms with Crippen LogP contribution < -0.4 is 9.64 Å². The standard InChI is InChI=1S/C19H25N3O5S/c23-18-5-11-27-17-4-2-1-3-16(17)22(18)13-19(24)21-9-7-20(8-10-21)15-6-12-28(25,26)14-15/h1-4,15H,5-14H2/t15-/m1/s1. The van der Waals surface area contributed by atoms with Crippen molar-refractivity contribution in [3.63, 3.8) is 0 Å². The lowest BCUT2D eigenvalue weighted by Crippen LogP contribution is -2.54. The third kappa shape index (κ3) is 4.00. The maximum absolute atomic E-state index is 12.8. The van der Waals surface area contributed by atoms with Crippen molar-refractivity contribution in [1.82, 2.24) is 9.80 Å². The molecule has 152 valence electrons. The van der Waals surface area contributed by atoms with Gasteiger partial charge in [0, 0.05) is 32.2 Å². The molecular weight excluding hydrogens is 382 g/mol. The molecule has 1 aromatic carbocycles. The minimum atomic E-state index is -2.91. The molecule has 3 heterocycles. The molecule has 0 bridgehead atoms. The van der Waals surface area contributed by atoms with Gasteiger partial charge in [-0.2, -0.15) is 0 Å². The summed E-state index contributed by atoms with van der Waals surface area (Å²) in [6, 6.07) is 7.34. The van der Waals surface area contributed by atoms with Gasteiger partial charge in [0.25, 0.3) is 0 Å². The number of sulfone groups is 1. The van der Waals surface area contributed by atoms with Crippen molar-refractivity contribution in [2.75, 3.05) is 55.7 Å². The Labute approximate surface area is 164 Å². The van der Waals surface area contributed by atoms with Gasteiger partial charge in [0.05, 0.1) is 30.2 Å². The number of anilines is 1. The van der Waals surface area contributed by atoms with Crippen molar-refractivity contribution in [3.8, 4) is 5.75 Å². The van der Waals surface area contributed by atoms with Crippen molar-refractivity contribution >= 4 is 27.3 Å². The number of rotatable bonds is 3. The van der Waals surface area contributed by atoms with Crippen LogP contribution in [0.5, 0.6) is 5.75 Å². The van der Waals surface area contributed by atoms with Crippen molar-refractivity contribution in [2.45, 2.75) is 18.9 Å². The summed E-state index contributed by atoms with van der Waals surface area (Å²) in [7, 11) is -2.91. The molecule has 0 radical (unpaired) electrons. The largest absolute Gasteiger partial charge is 0.491 e. The molecule has 2 amide bonds. The lowest BCUT2D eigenvalue weighted by Gasteiger charge is -2.38. The Balaban J connectivity index is 1.38. The number of fused-ring (bicyclic) bond motifs is 1. The lowest BCUT2D eigenvalue weighted by molar-refractivity contribution is -0.133. The Kier molecular flexibility index (Phi) is 5.29. The topological polar surface area (TPSA) is 87.2 Å². The van der Waals surface area contributed by atoms with Gasteiger partial charge in [0.15, 0.2) is 9.84 Å². The first-order valence-corrected chi connectivity index (χ1v) is 11.5. The highest BCUT2D eigenvalue weighted by Crippen LogP contribution is 2.31. The van der Waals surface area contributed by atoms with Crippen molar-refractivity contribution in [3.05, 3.63) is 24.3 Å². The lowest BCUT2D eigenvalue weighted by atomic mass is 10.2. The monoisotopic (exact) mass is 407 g/mol. The molecule has 0 unspecified atom stereocenters. The van der Waals surface area contributed by atoms with E-state index in [1.165, 1.54) is 4.90 Å². The first-order valence-electron chi connectivity index (χ1n) is 9.67. The fraction of sp³-hybridized carbons (Fsp3) is 0.579. The first kappa shape index (κ1) is 19.2. The second kappa shape index (κ2) is 7.71. The molecule has 2 fully saturated rings. The van der Waals surface area contributed by atoms with E-state index >= 15 is 0 Å². The third-order valence-electron chi connectivity index (χ3n) is 5.72. The van der Waals surface area contributed by atoms with Gasteiger partial charge in [0.2, 0.25) is 11.8 Å². The molecule has 4 rings (SSSR count). The van der Waals surface area contributed by atoms with Crippen LogP contribution in [0, 0.1) is 0 Å². The maximum Gasteiger partial charge on any atom is 0.242 e. The maximum atomic E-state index is 12.8. The van der Waals surface area contributed by atoms with E-state index in [0.29, 0.717) is 50.6 Å². The molecule has 3 aliphatic rings. The summed E-state index contributed by atoms with van der Waals surface area (Å²) in [4.78, 5) is 30.8. The van der Waals surface area contributed by atoms with Gasteiger partial charge in [-0.05, 0) is 18.6 Å². The van der Waals surface area contributed by atoms with E-state index < -0.39 is 9.84 Å². The number of carbonyl (C=O) groups excluding carboxylic acids is 2. The Morgan fingerprint density at radius 1 is 1.14 bits per heavy atom. The van der Waals surface area contributed by atoms with Crippen molar-refractivity contribution in [1.29, 1.82) is 0 Å².